The van der Waals surface area contributed by atoms with Gasteiger partial charge in [0.25, 0.3) is 0 Å². The fourth-order valence-corrected chi connectivity index (χ4v) is 0.998. The van der Waals surface area contributed by atoms with Gasteiger partial charge < -0.3 is 10.4 Å². The Balaban J connectivity index is 2.76. The maximum atomic E-state index is 10.6. The van der Waals surface area contributed by atoms with E-state index in [0.29, 0.717) is 0 Å². The highest BCUT2D eigenvalue weighted by Gasteiger charge is 1.98. The van der Waals surface area contributed by atoms with Crippen LogP contribution in [-0.4, -0.2) is 10.1 Å². The van der Waals surface area contributed by atoms with Crippen LogP contribution in [0.3, 0.4) is 0 Å². The van der Waals surface area contributed by atoms with E-state index in [4.69, 9.17) is 5.21 Å². The SMILES string of the molecule is Cc1cccc(C/[N+]([O-])=N/O)c1. The fraction of sp³-hybridized carbons (Fsp3) is 0.250. The lowest BCUT2D eigenvalue weighted by Gasteiger charge is -1.99. The first-order chi connectivity index (χ1) is 5.72. The standard InChI is InChI=1S/C8H10N2O2/c1-7-3-2-4-8(5-7)6-10(12)9-11/h2-5,11H,6H2,1H3/b10-9-. The summed E-state index contributed by atoms with van der Waals surface area (Å²) < 4.78 is 0. The lowest BCUT2D eigenvalue weighted by Crippen LogP contribution is -1.99. The zero-order valence-corrected chi connectivity index (χ0v) is 6.77. The van der Waals surface area contributed by atoms with Crippen LogP contribution in [0.2, 0.25) is 0 Å². The van der Waals surface area contributed by atoms with Crippen LogP contribution in [0.25, 0.3) is 0 Å². The molecule has 1 aromatic rings. The number of benzene rings is 1. The molecule has 4 nitrogen and oxygen atoms in total. The van der Waals surface area contributed by atoms with E-state index >= 15 is 0 Å². The molecule has 1 rings (SSSR count). The molecule has 1 aromatic carbocycles. The van der Waals surface area contributed by atoms with Crippen LogP contribution in [0.15, 0.2) is 29.5 Å². The molecule has 0 saturated heterocycles. The second-order valence-corrected chi connectivity index (χ2v) is 2.59. The maximum absolute atomic E-state index is 10.6. The van der Waals surface area contributed by atoms with Crippen LogP contribution in [0.4, 0.5) is 0 Å². The van der Waals surface area contributed by atoms with Crippen molar-refractivity contribution in [2.75, 3.05) is 0 Å². The Morgan fingerprint density at radius 2 is 2.33 bits per heavy atom. The summed E-state index contributed by atoms with van der Waals surface area (Å²) in [5, 5.41) is 21.2. The molecule has 0 heterocycles. The molecule has 0 unspecified atom stereocenters. The highest BCUT2D eigenvalue weighted by Crippen LogP contribution is 2.04. The summed E-state index contributed by atoms with van der Waals surface area (Å²) in [5.74, 6) is 0. The minimum Gasteiger partial charge on any atom is -0.597 e. The molecular weight excluding hydrogens is 156 g/mol. The van der Waals surface area contributed by atoms with Crippen molar-refractivity contribution in [1.82, 2.24) is 0 Å². The summed E-state index contributed by atoms with van der Waals surface area (Å²) in [4.78, 5) is 0.231. The van der Waals surface area contributed by atoms with Crippen LogP contribution in [-0.2, 0) is 6.54 Å². The molecule has 0 radical (unpaired) electrons. The number of hydrogen-bond acceptors (Lipinski definition) is 2. The number of nitrogens with zero attached hydrogens (tertiary/aromatic N) is 2. The van der Waals surface area contributed by atoms with Gasteiger partial charge in [-0.1, -0.05) is 28.6 Å². The van der Waals surface area contributed by atoms with Crippen molar-refractivity contribution in [3.05, 3.63) is 40.6 Å². The Hall–Kier alpha value is -1.58. The smallest absolute Gasteiger partial charge is 0.209 e. The fourth-order valence-electron chi connectivity index (χ4n) is 0.998. The normalized spacial score (nSPS) is 11.6. The van der Waals surface area contributed by atoms with Crippen molar-refractivity contribution >= 4 is 0 Å². The van der Waals surface area contributed by atoms with Gasteiger partial charge in [0.15, 0.2) is 5.28 Å². The first-order valence-electron chi connectivity index (χ1n) is 3.57. The van der Waals surface area contributed by atoms with E-state index in [-0.39, 0.29) is 11.4 Å². The molecule has 0 amide bonds. The largest absolute Gasteiger partial charge is 0.597 e. The van der Waals surface area contributed by atoms with E-state index in [9.17, 15) is 5.21 Å². The monoisotopic (exact) mass is 166 g/mol. The van der Waals surface area contributed by atoms with Crippen molar-refractivity contribution in [2.24, 2.45) is 5.28 Å². The molecule has 0 fully saturated rings. The Bertz CT molecular complexity index is 297. The van der Waals surface area contributed by atoms with Gasteiger partial charge in [-0.3, -0.25) is 0 Å². The second-order valence-electron chi connectivity index (χ2n) is 2.59. The minimum atomic E-state index is 0.0815. The van der Waals surface area contributed by atoms with Crippen molar-refractivity contribution in [3.8, 4) is 0 Å². The first kappa shape index (κ1) is 8.52. The molecule has 0 saturated carbocycles. The molecule has 0 aliphatic rings. The summed E-state index contributed by atoms with van der Waals surface area (Å²) in [6.45, 7) is 2.02. The highest BCUT2D eigenvalue weighted by molar-refractivity contribution is 5.21. The zero-order chi connectivity index (χ0) is 8.97. The van der Waals surface area contributed by atoms with E-state index < -0.39 is 0 Å². The lowest BCUT2D eigenvalue weighted by molar-refractivity contribution is -0.570. The molecule has 12 heavy (non-hydrogen) atoms. The summed E-state index contributed by atoms with van der Waals surface area (Å²) in [5.41, 5.74) is 1.92. The Labute approximate surface area is 70.3 Å². The molecule has 0 atom stereocenters. The molecule has 0 bridgehead atoms. The Morgan fingerprint density at radius 3 is 2.92 bits per heavy atom. The summed E-state index contributed by atoms with van der Waals surface area (Å²) in [7, 11) is 0. The maximum Gasteiger partial charge on any atom is 0.209 e. The van der Waals surface area contributed by atoms with Gasteiger partial charge in [0.1, 0.15) is 0 Å². The van der Waals surface area contributed by atoms with E-state index in [1.54, 1.807) is 0 Å². The Kier molecular flexibility index (Phi) is 2.63. The third-order valence-corrected chi connectivity index (χ3v) is 1.50. The van der Waals surface area contributed by atoms with Gasteiger partial charge in [0.05, 0.1) is 0 Å². The topological polar surface area (TPSA) is 58.7 Å². The Morgan fingerprint density at radius 1 is 1.58 bits per heavy atom. The third-order valence-electron chi connectivity index (χ3n) is 1.50. The van der Waals surface area contributed by atoms with Gasteiger partial charge in [-0.05, 0) is 13.0 Å². The van der Waals surface area contributed by atoms with Gasteiger partial charge in [0.2, 0.25) is 6.54 Å². The van der Waals surface area contributed by atoms with Gasteiger partial charge in [-0.2, -0.15) is 0 Å². The predicted octanol–water partition coefficient (Wildman–Crippen LogP) is 1.85. The summed E-state index contributed by atoms with van der Waals surface area (Å²) in [6.07, 6.45) is 0. The molecule has 0 aromatic heterocycles. The van der Waals surface area contributed by atoms with Crippen LogP contribution in [0.5, 0.6) is 0 Å². The predicted molar refractivity (Wildman–Crippen MR) is 42.7 cm³/mol. The molecule has 0 aliphatic carbocycles. The minimum absolute atomic E-state index is 0.0815. The summed E-state index contributed by atoms with van der Waals surface area (Å²) in [6, 6.07) is 7.48. The molecule has 4 heteroatoms. The lowest BCUT2D eigenvalue weighted by atomic mass is 10.1. The molecule has 1 N–H and O–H groups in total. The van der Waals surface area contributed by atoms with E-state index in [0.717, 1.165) is 11.1 Å². The van der Waals surface area contributed by atoms with E-state index in [2.05, 4.69) is 5.28 Å². The van der Waals surface area contributed by atoms with Gasteiger partial charge in [-0.25, -0.2) is 0 Å². The molecule has 0 spiro atoms. The van der Waals surface area contributed by atoms with Gasteiger partial charge in [0, 0.05) is 5.56 Å². The van der Waals surface area contributed by atoms with Crippen molar-refractivity contribution in [1.29, 1.82) is 0 Å². The third kappa shape index (κ3) is 2.23. The zero-order valence-electron chi connectivity index (χ0n) is 6.77. The number of aryl methyl sites for hydroxylation is 1. The van der Waals surface area contributed by atoms with Gasteiger partial charge >= 0.3 is 0 Å². The van der Waals surface area contributed by atoms with Crippen LogP contribution in [0, 0.1) is 12.1 Å². The molecular formula is C8H10N2O2. The average molecular weight is 166 g/mol. The van der Waals surface area contributed by atoms with E-state index in [1.807, 2.05) is 31.2 Å². The molecule has 64 valence electrons. The number of hydroxylamine groups is 1. The quantitative estimate of drug-likeness (QED) is 0.414. The average Bonchev–Trinajstić information content (AvgIpc) is 2.04. The van der Waals surface area contributed by atoms with Crippen molar-refractivity contribution < 1.29 is 10.1 Å². The number of hydrogen-bond donors (Lipinski definition) is 1. The van der Waals surface area contributed by atoms with Crippen LogP contribution in [0.1, 0.15) is 11.1 Å². The van der Waals surface area contributed by atoms with E-state index in [1.165, 1.54) is 0 Å². The highest BCUT2D eigenvalue weighted by atomic mass is 16.6. The molecule has 0 aliphatic heterocycles. The van der Waals surface area contributed by atoms with Crippen LogP contribution >= 0.6 is 0 Å². The van der Waals surface area contributed by atoms with Crippen molar-refractivity contribution in [3.63, 3.8) is 0 Å². The second kappa shape index (κ2) is 3.71. The first-order valence-corrected chi connectivity index (χ1v) is 3.57. The van der Waals surface area contributed by atoms with Crippen molar-refractivity contribution in [2.45, 2.75) is 13.5 Å². The van der Waals surface area contributed by atoms with Crippen LogP contribution < -0.4 is 0 Å². The number of rotatable bonds is 2. The summed E-state index contributed by atoms with van der Waals surface area (Å²) >= 11 is 0. The van der Waals surface area contributed by atoms with Gasteiger partial charge in [-0.15, -0.1) is 0 Å².